The van der Waals surface area contributed by atoms with E-state index in [1.165, 1.54) is 5.69 Å². The molecule has 1 aliphatic rings. The molecule has 1 fully saturated rings. The second-order valence-electron chi connectivity index (χ2n) is 4.79. The molecular formula is C12H21N3O. The molecule has 0 radical (unpaired) electrons. The standard InChI is InChI=1S/C12H21N3O/c1-3-5-12(16)8-14(9-12)7-11-6-13-10-15(11)4-2/h6,10,16H,3-5,7-9H2,1-2H3. The van der Waals surface area contributed by atoms with Crippen molar-refractivity contribution in [1.82, 2.24) is 14.5 Å². The van der Waals surface area contributed by atoms with E-state index in [2.05, 4.69) is 28.3 Å². The van der Waals surface area contributed by atoms with Crippen molar-refractivity contribution in [1.29, 1.82) is 0 Å². The zero-order valence-corrected chi connectivity index (χ0v) is 10.2. The van der Waals surface area contributed by atoms with Gasteiger partial charge in [-0.3, -0.25) is 4.90 Å². The summed E-state index contributed by atoms with van der Waals surface area (Å²) in [6.07, 6.45) is 5.75. The molecular weight excluding hydrogens is 202 g/mol. The summed E-state index contributed by atoms with van der Waals surface area (Å²) < 4.78 is 2.15. The summed E-state index contributed by atoms with van der Waals surface area (Å²) >= 11 is 0. The Hall–Kier alpha value is -0.870. The normalized spacial score (nSPS) is 19.7. The monoisotopic (exact) mass is 223 g/mol. The van der Waals surface area contributed by atoms with E-state index in [0.717, 1.165) is 39.0 Å². The third kappa shape index (κ3) is 2.28. The highest BCUT2D eigenvalue weighted by atomic mass is 16.3. The lowest BCUT2D eigenvalue weighted by atomic mass is 9.89. The summed E-state index contributed by atoms with van der Waals surface area (Å²) in [4.78, 5) is 6.43. The van der Waals surface area contributed by atoms with E-state index in [1.54, 1.807) is 0 Å². The number of β-amino-alcohol motifs (C(OH)–C–C–N with tert-alkyl or cyclic N) is 1. The summed E-state index contributed by atoms with van der Waals surface area (Å²) in [5, 5.41) is 10.1. The van der Waals surface area contributed by atoms with Gasteiger partial charge in [-0.15, -0.1) is 0 Å². The van der Waals surface area contributed by atoms with Crippen LogP contribution in [0.4, 0.5) is 0 Å². The summed E-state index contributed by atoms with van der Waals surface area (Å²) in [6.45, 7) is 7.70. The lowest BCUT2D eigenvalue weighted by Gasteiger charge is -2.46. The van der Waals surface area contributed by atoms with Crippen molar-refractivity contribution in [2.24, 2.45) is 0 Å². The van der Waals surface area contributed by atoms with Crippen molar-refractivity contribution in [2.75, 3.05) is 13.1 Å². The van der Waals surface area contributed by atoms with Crippen LogP contribution in [0.15, 0.2) is 12.5 Å². The van der Waals surface area contributed by atoms with Crippen LogP contribution in [-0.2, 0) is 13.1 Å². The Labute approximate surface area is 96.9 Å². The van der Waals surface area contributed by atoms with Crippen LogP contribution in [0.2, 0.25) is 0 Å². The molecule has 1 saturated heterocycles. The first-order chi connectivity index (χ1) is 7.67. The minimum absolute atomic E-state index is 0.425. The molecule has 90 valence electrons. The maximum atomic E-state index is 10.1. The molecule has 0 unspecified atom stereocenters. The fraction of sp³-hybridized carbons (Fsp3) is 0.750. The minimum Gasteiger partial charge on any atom is -0.387 e. The Morgan fingerprint density at radius 1 is 1.44 bits per heavy atom. The van der Waals surface area contributed by atoms with Crippen LogP contribution >= 0.6 is 0 Å². The summed E-state index contributed by atoms with van der Waals surface area (Å²) in [6, 6.07) is 0. The molecule has 2 rings (SSSR count). The van der Waals surface area contributed by atoms with Crippen molar-refractivity contribution in [3.05, 3.63) is 18.2 Å². The van der Waals surface area contributed by atoms with Gasteiger partial charge in [0.25, 0.3) is 0 Å². The Morgan fingerprint density at radius 3 is 2.81 bits per heavy atom. The molecule has 16 heavy (non-hydrogen) atoms. The van der Waals surface area contributed by atoms with Gasteiger partial charge in [0, 0.05) is 32.4 Å². The van der Waals surface area contributed by atoms with Crippen molar-refractivity contribution < 1.29 is 5.11 Å². The number of imidazole rings is 1. The molecule has 4 nitrogen and oxygen atoms in total. The quantitative estimate of drug-likeness (QED) is 0.817. The number of likely N-dealkylation sites (tertiary alicyclic amines) is 1. The first-order valence-corrected chi connectivity index (χ1v) is 6.10. The molecule has 0 atom stereocenters. The van der Waals surface area contributed by atoms with Crippen LogP contribution in [0.3, 0.4) is 0 Å². The summed E-state index contributed by atoms with van der Waals surface area (Å²) in [5.41, 5.74) is 0.812. The van der Waals surface area contributed by atoms with Crippen LogP contribution < -0.4 is 0 Å². The highest BCUT2D eigenvalue weighted by molar-refractivity contribution is 5.03. The number of aromatic nitrogens is 2. The second-order valence-corrected chi connectivity index (χ2v) is 4.79. The molecule has 1 aliphatic heterocycles. The van der Waals surface area contributed by atoms with E-state index in [9.17, 15) is 5.11 Å². The van der Waals surface area contributed by atoms with E-state index in [4.69, 9.17) is 0 Å². The first-order valence-electron chi connectivity index (χ1n) is 6.10. The zero-order chi connectivity index (χ0) is 11.6. The van der Waals surface area contributed by atoms with Crippen LogP contribution in [0.5, 0.6) is 0 Å². The Balaban J connectivity index is 1.85. The molecule has 0 amide bonds. The van der Waals surface area contributed by atoms with Gasteiger partial charge in [0.2, 0.25) is 0 Å². The van der Waals surface area contributed by atoms with Gasteiger partial charge >= 0.3 is 0 Å². The molecule has 0 bridgehead atoms. The number of nitrogens with zero attached hydrogens (tertiary/aromatic N) is 3. The lowest BCUT2D eigenvalue weighted by molar-refractivity contribution is -0.107. The largest absolute Gasteiger partial charge is 0.387 e. The highest BCUT2D eigenvalue weighted by Crippen LogP contribution is 2.27. The van der Waals surface area contributed by atoms with Gasteiger partial charge in [0.15, 0.2) is 0 Å². The van der Waals surface area contributed by atoms with E-state index >= 15 is 0 Å². The fourth-order valence-electron chi connectivity index (χ4n) is 2.52. The SMILES string of the molecule is CCCC1(O)CN(Cc2cncn2CC)C1. The Morgan fingerprint density at radius 2 is 2.19 bits per heavy atom. The number of aliphatic hydroxyl groups is 1. The highest BCUT2D eigenvalue weighted by Gasteiger charge is 2.40. The Kier molecular flexibility index (Phi) is 3.30. The zero-order valence-electron chi connectivity index (χ0n) is 10.2. The van der Waals surface area contributed by atoms with E-state index in [1.807, 2.05) is 12.5 Å². The predicted octanol–water partition coefficient (Wildman–Crippen LogP) is 1.25. The van der Waals surface area contributed by atoms with Crippen LogP contribution in [0.1, 0.15) is 32.4 Å². The van der Waals surface area contributed by atoms with E-state index in [0.29, 0.717) is 0 Å². The third-order valence-corrected chi connectivity index (χ3v) is 3.28. The van der Waals surface area contributed by atoms with Gasteiger partial charge in [0.05, 0.1) is 17.6 Å². The number of hydrogen-bond donors (Lipinski definition) is 1. The van der Waals surface area contributed by atoms with Crippen molar-refractivity contribution in [3.63, 3.8) is 0 Å². The molecule has 0 saturated carbocycles. The average molecular weight is 223 g/mol. The van der Waals surface area contributed by atoms with Crippen LogP contribution in [0, 0.1) is 0 Å². The Bertz CT molecular complexity index is 342. The van der Waals surface area contributed by atoms with E-state index in [-0.39, 0.29) is 0 Å². The molecule has 1 aromatic rings. The van der Waals surface area contributed by atoms with Gasteiger partial charge in [-0.1, -0.05) is 13.3 Å². The van der Waals surface area contributed by atoms with Crippen molar-refractivity contribution >= 4 is 0 Å². The molecule has 0 aromatic carbocycles. The van der Waals surface area contributed by atoms with Gasteiger partial charge < -0.3 is 9.67 Å². The maximum absolute atomic E-state index is 10.1. The smallest absolute Gasteiger partial charge is 0.0948 e. The first kappa shape index (κ1) is 11.6. The second kappa shape index (κ2) is 4.55. The molecule has 1 aromatic heterocycles. The molecule has 2 heterocycles. The lowest BCUT2D eigenvalue weighted by Crippen LogP contribution is -2.61. The van der Waals surface area contributed by atoms with Gasteiger partial charge in [-0.2, -0.15) is 0 Å². The molecule has 0 aliphatic carbocycles. The predicted molar refractivity (Wildman–Crippen MR) is 63.0 cm³/mol. The van der Waals surface area contributed by atoms with Gasteiger partial charge in [-0.25, -0.2) is 4.98 Å². The number of aryl methyl sites for hydroxylation is 1. The average Bonchev–Trinajstić information content (AvgIpc) is 2.63. The van der Waals surface area contributed by atoms with E-state index < -0.39 is 5.60 Å². The van der Waals surface area contributed by atoms with Crippen LogP contribution in [-0.4, -0.2) is 38.2 Å². The molecule has 4 heteroatoms. The number of rotatable bonds is 5. The third-order valence-electron chi connectivity index (χ3n) is 3.28. The molecule has 1 N–H and O–H groups in total. The minimum atomic E-state index is -0.425. The molecule has 0 spiro atoms. The maximum Gasteiger partial charge on any atom is 0.0948 e. The summed E-state index contributed by atoms with van der Waals surface area (Å²) in [5.74, 6) is 0. The van der Waals surface area contributed by atoms with Crippen molar-refractivity contribution in [3.8, 4) is 0 Å². The van der Waals surface area contributed by atoms with Crippen LogP contribution in [0.25, 0.3) is 0 Å². The van der Waals surface area contributed by atoms with Gasteiger partial charge in [-0.05, 0) is 13.3 Å². The van der Waals surface area contributed by atoms with Crippen molar-refractivity contribution in [2.45, 2.75) is 45.4 Å². The topological polar surface area (TPSA) is 41.3 Å². The fourth-order valence-corrected chi connectivity index (χ4v) is 2.52. The van der Waals surface area contributed by atoms with Gasteiger partial charge in [0.1, 0.15) is 0 Å². The number of hydrogen-bond acceptors (Lipinski definition) is 3. The summed E-state index contributed by atoms with van der Waals surface area (Å²) in [7, 11) is 0.